The lowest BCUT2D eigenvalue weighted by molar-refractivity contribution is -0.192. The first-order valence-corrected chi connectivity index (χ1v) is 13.0. The molecule has 0 saturated carbocycles. The molecule has 2 heterocycles. The summed E-state index contributed by atoms with van der Waals surface area (Å²) in [6, 6.07) is 25.1. The number of aliphatic carboxylic acids is 1. The molecule has 0 spiro atoms. The number of H-pyrrole nitrogens is 1. The molecule has 1 aliphatic rings. The maximum Gasteiger partial charge on any atom is 0.490 e. The second kappa shape index (κ2) is 13.1. The van der Waals surface area contributed by atoms with Crippen molar-refractivity contribution in [3.8, 4) is 11.4 Å². The smallest absolute Gasteiger partial charge is 0.475 e. The number of piperidine rings is 1. The Morgan fingerprint density at radius 1 is 1.00 bits per heavy atom. The highest BCUT2D eigenvalue weighted by Gasteiger charge is 2.38. The van der Waals surface area contributed by atoms with Gasteiger partial charge in [-0.25, -0.2) is 14.2 Å². The van der Waals surface area contributed by atoms with Gasteiger partial charge >= 0.3 is 12.1 Å². The summed E-state index contributed by atoms with van der Waals surface area (Å²) >= 11 is 6.02. The number of likely N-dealkylation sites (tertiary alicyclic amines) is 1. The number of hydrogen-bond acceptors (Lipinski definition) is 4. The zero-order valence-electron chi connectivity index (χ0n) is 21.3. The second-order valence-electron chi connectivity index (χ2n) is 9.44. The number of aromatic amines is 1. The summed E-state index contributed by atoms with van der Waals surface area (Å²) in [4.78, 5) is 16.2. The van der Waals surface area contributed by atoms with E-state index in [1.165, 1.54) is 5.56 Å². The Morgan fingerprint density at radius 2 is 1.65 bits per heavy atom. The number of benzene rings is 3. The molecule has 0 amide bonds. The molecule has 0 aliphatic carbocycles. The summed E-state index contributed by atoms with van der Waals surface area (Å²) in [5.74, 6) is -1.05. The highest BCUT2D eigenvalue weighted by Crippen LogP contribution is 2.39. The van der Waals surface area contributed by atoms with Gasteiger partial charge in [-0.05, 0) is 66.9 Å². The number of carboxylic acid groups (broad SMARTS) is 1. The number of alkyl halides is 3. The van der Waals surface area contributed by atoms with Gasteiger partial charge in [-0.1, -0.05) is 54.1 Å². The molecule has 11 heteroatoms. The van der Waals surface area contributed by atoms with Gasteiger partial charge in [0.25, 0.3) is 0 Å². The molecule has 1 aliphatic heterocycles. The van der Waals surface area contributed by atoms with E-state index in [9.17, 15) is 17.6 Å². The number of nitrogens with zero attached hydrogens (tertiary/aromatic N) is 3. The van der Waals surface area contributed by atoms with Gasteiger partial charge in [-0.2, -0.15) is 18.3 Å². The van der Waals surface area contributed by atoms with E-state index in [-0.39, 0.29) is 17.7 Å². The van der Waals surface area contributed by atoms with Crippen molar-refractivity contribution in [2.45, 2.75) is 30.9 Å². The summed E-state index contributed by atoms with van der Waals surface area (Å²) in [5.41, 5.74) is 3.43. The third-order valence-electron chi connectivity index (χ3n) is 6.75. The minimum atomic E-state index is -5.08. The van der Waals surface area contributed by atoms with Crippen LogP contribution in [0.2, 0.25) is 5.02 Å². The normalized spacial score (nSPS) is 17.6. The lowest BCUT2D eigenvalue weighted by atomic mass is 9.80. The standard InChI is InChI=1S/C27H26ClFN4.C2HF3O2/c28-22-10-6-21(7-11-22)26-30-27(32-31-26)24-15-17-33(16-14-19-4-2-1-3-5-19)18-25(24)20-8-12-23(29)13-9-20;3-2(4,5)1(6)7/h1-13,24-25H,14-18H2,(H,30,31,32);(H,6,7). The summed E-state index contributed by atoms with van der Waals surface area (Å²) in [6.45, 7) is 2.88. The maximum absolute atomic E-state index is 13.6. The fourth-order valence-corrected chi connectivity index (χ4v) is 4.81. The molecule has 40 heavy (non-hydrogen) atoms. The maximum atomic E-state index is 13.6. The predicted octanol–water partition coefficient (Wildman–Crippen LogP) is 6.71. The molecule has 210 valence electrons. The van der Waals surface area contributed by atoms with Gasteiger partial charge in [0.05, 0.1) is 0 Å². The van der Waals surface area contributed by atoms with E-state index in [2.05, 4.69) is 45.4 Å². The first kappa shape index (κ1) is 29.2. The minimum absolute atomic E-state index is 0.167. The SMILES string of the molecule is Fc1ccc(C2CN(CCc3ccccc3)CCC2c2n[nH]c(-c3ccc(Cl)cc3)n2)cc1.O=C(O)C(F)(F)F. The van der Waals surface area contributed by atoms with Crippen LogP contribution < -0.4 is 0 Å². The van der Waals surface area contributed by atoms with E-state index in [0.717, 1.165) is 55.3 Å². The molecule has 3 aromatic carbocycles. The van der Waals surface area contributed by atoms with Gasteiger partial charge in [0.1, 0.15) is 5.82 Å². The summed E-state index contributed by atoms with van der Waals surface area (Å²) in [7, 11) is 0. The number of aromatic nitrogens is 3. The Kier molecular flexibility index (Phi) is 9.54. The van der Waals surface area contributed by atoms with Crippen LogP contribution in [0.3, 0.4) is 0 Å². The largest absolute Gasteiger partial charge is 0.490 e. The number of hydrogen-bond donors (Lipinski definition) is 2. The zero-order valence-corrected chi connectivity index (χ0v) is 22.0. The number of nitrogens with one attached hydrogen (secondary N) is 1. The van der Waals surface area contributed by atoms with Crippen molar-refractivity contribution < 1.29 is 27.5 Å². The number of carbonyl (C=O) groups is 1. The Hall–Kier alpha value is -3.76. The van der Waals surface area contributed by atoms with Crippen LogP contribution >= 0.6 is 11.6 Å². The topological polar surface area (TPSA) is 82.1 Å². The van der Waals surface area contributed by atoms with Crippen molar-refractivity contribution in [2.24, 2.45) is 0 Å². The highest BCUT2D eigenvalue weighted by atomic mass is 35.5. The molecule has 1 fully saturated rings. The third-order valence-corrected chi connectivity index (χ3v) is 7.00. The summed E-state index contributed by atoms with van der Waals surface area (Å²) in [6.07, 6.45) is -3.11. The second-order valence-corrected chi connectivity index (χ2v) is 9.88. The molecule has 2 atom stereocenters. The van der Waals surface area contributed by atoms with E-state index in [1.54, 1.807) is 12.1 Å². The number of halogens is 5. The van der Waals surface area contributed by atoms with E-state index >= 15 is 0 Å². The van der Waals surface area contributed by atoms with Crippen LogP contribution in [0.25, 0.3) is 11.4 Å². The van der Waals surface area contributed by atoms with Crippen molar-refractivity contribution in [1.29, 1.82) is 0 Å². The highest BCUT2D eigenvalue weighted by molar-refractivity contribution is 6.30. The molecule has 1 aromatic heterocycles. The third kappa shape index (κ3) is 7.89. The van der Waals surface area contributed by atoms with Gasteiger partial charge < -0.3 is 10.0 Å². The lowest BCUT2D eigenvalue weighted by Crippen LogP contribution is -2.39. The van der Waals surface area contributed by atoms with Gasteiger partial charge in [0, 0.05) is 35.5 Å². The molecule has 0 radical (unpaired) electrons. The van der Waals surface area contributed by atoms with Crippen molar-refractivity contribution in [2.75, 3.05) is 19.6 Å². The molecular weight excluding hydrogens is 548 g/mol. The van der Waals surface area contributed by atoms with E-state index < -0.39 is 12.1 Å². The van der Waals surface area contributed by atoms with Gasteiger partial charge in [0.15, 0.2) is 11.6 Å². The summed E-state index contributed by atoms with van der Waals surface area (Å²) < 4.78 is 45.4. The molecule has 4 aromatic rings. The van der Waals surface area contributed by atoms with Crippen molar-refractivity contribution >= 4 is 17.6 Å². The van der Waals surface area contributed by atoms with Gasteiger partial charge in [0.2, 0.25) is 0 Å². The van der Waals surface area contributed by atoms with Crippen LogP contribution in [0.5, 0.6) is 0 Å². The fourth-order valence-electron chi connectivity index (χ4n) is 4.69. The Labute approximate surface area is 233 Å². The molecule has 0 bridgehead atoms. The quantitative estimate of drug-likeness (QED) is 0.250. The predicted molar refractivity (Wildman–Crippen MR) is 144 cm³/mol. The molecule has 2 N–H and O–H groups in total. The summed E-state index contributed by atoms with van der Waals surface area (Å²) in [5, 5.41) is 15.5. The van der Waals surface area contributed by atoms with Crippen molar-refractivity contribution in [3.05, 3.63) is 107 Å². The fraction of sp³-hybridized carbons (Fsp3) is 0.276. The minimum Gasteiger partial charge on any atom is -0.475 e. The van der Waals surface area contributed by atoms with E-state index in [4.69, 9.17) is 26.5 Å². The van der Waals surface area contributed by atoms with Crippen LogP contribution in [0, 0.1) is 5.82 Å². The first-order chi connectivity index (χ1) is 19.1. The van der Waals surface area contributed by atoms with Crippen LogP contribution in [0.1, 0.15) is 35.2 Å². The molecule has 1 saturated heterocycles. The Bertz CT molecular complexity index is 1380. The van der Waals surface area contributed by atoms with Crippen molar-refractivity contribution in [1.82, 2.24) is 20.1 Å². The average molecular weight is 575 g/mol. The molecule has 2 unspecified atom stereocenters. The van der Waals surface area contributed by atoms with Crippen molar-refractivity contribution in [3.63, 3.8) is 0 Å². The average Bonchev–Trinajstić information content (AvgIpc) is 3.43. The molecule has 6 nitrogen and oxygen atoms in total. The van der Waals surface area contributed by atoms with E-state index in [0.29, 0.717) is 5.02 Å². The van der Waals surface area contributed by atoms with Gasteiger partial charge in [-0.3, -0.25) is 5.10 Å². The lowest BCUT2D eigenvalue weighted by Gasteiger charge is -2.38. The number of carboxylic acids is 1. The Morgan fingerprint density at radius 3 is 2.27 bits per heavy atom. The molecule has 5 rings (SSSR count). The monoisotopic (exact) mass is 574 g/mol. The van der Waals surface area contributed by atoms with Crippen LogP contribution in [-0.2, 0) is 11.2 Å². The first-order valence-electron chi connectivity index (χ1n) is 12.6. The number of rotatable bonds is 6. The molecular formula is C29H27ClF4N4O2. The van der Waals surface area contributed by atoms with Crippen LogP contribution in [0.15, 0.2) is 78.9 Å². The van der Waals surface area contributed by atoms with Crippen LogP contribution in [-0.4, -0.2) is 57.0 Å². The van der Waals surface area contributed by atoms with Gasteiger partial charge in [-0.15, -0.1) is 0 Å². The zero-order chi connectivity index (χ0) is 28.7. The Balaban J connectivity index is 0.000000470. The van der Waals surface area contributed by atoms with E-state index in [1.807, 2.05) is 36.4 Å². The van der Waals surface area contributed by atoms with Crippen LogP contribution in [0.4, 0.5) is 17.6 Å².